The minimum absolute atomic E-state index is 0.0408. The van der Waals surface area contributed by atoms with Crippen molar-refractivity contribution in [1.82, 2.24) is 15.0 Å². The van der Waals surface area contributed by atoms with Gasteiger partial charge in [0.2, 0.25) is 0 Å². The van der Waals surface area contributed by atoms with Crippen molar-refractivity contribution in [3.8, 4) is 22.9 Å². The number of aryl methyl sites for hydroxylation is 4. The number of fused-ring (bicyclic) bond motifs is 1. The lowest BCUT2D eigenvalue weighted by atomic mass is 9.80. The van der Waals surface area contributed by atoms with E-state index >= 15 is 0 Å². The fraction of sp³-hybridized carbons (Fsp3) is 0.571. The Hall–Kier alpha value is -3.54. The minimum atomic E-state index is -0.182. The van der Waals surface area contributed by atoms with Crippen molar-refractivity contribution in [3.63, 3.8) is 0 Å². The van der Waals surface area contributed by atoms with Crippen LogP contribution >= 0.6 is 0 Å². The molecule has 0 radical (unpaired) electrons. The van der Waals surface area contributed by atoms with Gasteiger partial charge in [-0.15, -0.1) is 15.0 Å². The lowest BCUT2D eigenvalue weighted by Gasteiger charge is -2.27. The van der Waals surface area contributed by atoms with E-state index in [2.05, 4.69) is 99.6 Å². The van der Waals surface area contributed by atoms with Crippen LogP contribution in [0.25, 0.3) is 16.7 Å². The summed E-state index contributed by atoms with van der Waals surface area (Å²) in [5.74, 6) is 2.26. The van der Waals surface area contributed by atoms with Gasteiger partial charge in [0.15, 0.2) is 0 Å². The van der Waals surface area contributed by atoms with Crippen LogP contribution in [0.3, 0.4) is 0 Å². The Balaban J connectivity index is 0.000000265. The predicted molar refractivity (Wildman–Crippen MR) is 203 cm³/mol. The van der Waals surface area contributed by atoms with Crippen LogP contribution in [0.1, 0.15) is 140 Å². The Morgan fingerprint density at radius 1 is 0.604 bits per heavy atom. The molecule has 0 bridgehead atoms. The number of aromatic hydroxyl groups is 1. The second-order valence-electron chi connectivity index (χ2n) is 15.5. The van der Waals surface area contributed by atoms with Crippen molar-refractivity contribution >= 4 is 11.0 Å². The first-order valence-electron chi connectivity index (χ1n) is 18.2. The maximum atomic E-state index is 11.0. The average molecular weight is 658 g/mol. The molecule has 0 aliphatic carbocycles. The molecule has 264 valence electrons. The van der Waals surface area contributed by atoms with Crippen LogP contribution in [0.5, 0.6) is 17.2 Å². The summed E-state index contributed by atoms with van der Waals surface area (Å²) >= 11 is 0. The normalized spacial score (nSPS) is 11.8. The van der Waals surface area contributed by atoms with E-state index in [1.807, 2.05) is 19.9 Å². The molecule has 0 fully saturated rings. The van der Waals surface area contributed by atoms with Crippen molar-refractivity contribution in [2.24, 2.45) is 0 Å². The lowest BCUT2D eigenvalue weighted by molar-refractivity contribution is 0.294. The van der Waals surface area contributed by atoms with Gasteiger partial charge in [-0.25, -0.2) is 0 Å². The molecule has 0 unspecified atom stereocenters. The summed E-state index contributed by atoms with van der Waals surface area (Å²) in [5, 5.41) is 20.4. The number of phenols is 1. The SMILES string of the molecule is CCCCCCOc1cc(C)c(OCCCCCC)cc1C.Cc1ccc(C)c2nn(-c3cc(C(C)(C)C)cc(C(C)(C)C)c3O)nc12. The first-order valence-corrected chi connectivity index (χ1v) is 18.2. The van der Waals surface area contributed by atoms with E-state index in [-0.39, 0.29) is 16.6 Å². The van der Waals surface area contributed by atoms with Gasteiger partial charge >= 0.3 is 0 Å². The number of rotatable bonds is 13. The highest BCUT2D eigenvalue weighted by Crippen LogP contribution is 2.39. The number of hydrogen-bond acceptors (Lipinski definition) is 5. The van der Waals surface area contributed by atoms with Gasteiger partial charge in [0.05, 0.1) is 13.2 Å². The summed E-state index contributed by atoms with van der Waals surface area (Å²) in [6.45, 7) is 27.2. The zero-order chi connectivity index (χ0) is 35.6. The number of unbranched alkanes of at least 4 members (excludes halogenated alkanes) is 6. The quantitative estimate of drug-likeness (QED) is 0.145. The highest BCUT2D eigenvalue weighted by Gasteiger charge is 2.26. The van der Waals surface area contributed by atoms with Gasteiger partial charge in [-0.3, -0.25) is 0 Å². The van der Waals surface area contributed by atoms with Crippen molar-refractivity contribution < 1.29 is 14.6 Å². The van der Waals surface area contributed by atoms with Gasteiger partial charge < -0.3 is 14.6 Å². The Morgan fingerprint density at radius 2 is 1.06 bits per heavy atom. The molecule has 0 aliphatic rings. The Kier molecular flexibility index (Phi) is 14.0. The number of hydrogen-bond donors (Lipinski definition) is 1. The van der Waals surface area contributed by atoms with Gasteiger partial charge in [-0.05, 0) is 97.4 Å². The largest absolute Gasteiger partial charge is 0.505 e. The van der Waals surface area contributed by atoms with Crippen LogP contribution in [-0.2, 0) is 10.8 Å². The Morgan fingerprint density at radius 3 is 1.46 bits per heavy atom. The van der Waals surface area contributed by atoms with E-state index < -0.39 is 0 Å². The molecule has 6 nitrogen and oxygen atoms in total. The van der Waals surface area contributed by atoms with Crippen LogP contribution in [0.4, 0.5) is 0 Å². The zero-order valence-corrected chi connectivity index (χ0v) is 32.1. The molecule has 4 rings (SSSR count). The van der Waals surface area contributed by atoms with E-state index in [1.165, 1.54) is 49.7 Å². The molecule has 3 aromatic carbocycles. The molecular formula is C42H63N3O3. The van der Waals surface area contributed by atoms with E-state index in [1.54, 1.807) is 4.80 Å². The van der Waals surface area contributed by atoms with Crippen LogP contribution in [0, 0.1) is 27.7 Å². The van der Waals surface area contributed by atoms with E-state index in [4.69, 9.17) is 19.7 Å². The topological polar surface area (TPSA) is 69.4 Å². The minimum Gasteiger partial charge on any atom is -0.505 e. The molecule has 4 aromatic rings. The summed E-state index contributed by atoms with van der Waals surface area (Å²) in [6.07, 6.45) is 9.92. The maximum Gasteiger partial charge on any atom is 0.146 e. The van der Waals surface area contributed by atoms with Crippen LogP contribution in [-0.4, -0.2) is 33.3 Å². The van der Waals surface area contributed by atoms with Crippen molar-refractivity contribution in [2.75, 3.05) is 13.2 Å². The average Bonchev–Trinajstić information content (AvgIpc) is 3.47. The van der Waals surface area contributed by atoms with Crippen LogP contribution < -0.4 is 9.47 Å². The van der Waals surface area contributed by atoms with Gasteiger partial charge in [0.25, 0.3) is 0 Å². The van der Waals surface area contributed by atoms with E-state index in [0.717, 1.165) is 70.8 Å². The Labute approximate surface area is 291 Å². The second kappa shape index (κ2) is 17.2. The van der Waals surface area contributed by atoms with Crippen LogP contribution in [0.2, 0.25) is 0 Å². The fourth-order valence-electron chi connectivity index (χ4n) is 5.63. The highest BCUT2D eigenvalue weighted by molar-refractivity contribution is 5.81. The molecule has 6 heteroatoms. The number of benzene rings is 3. The standard InChI is InChI=1S/C22H29N3O.C20H34O2/c1-13-9-10-14(2)19-18(13)23-25(24-19)17-12-15(21(3,4)5)11-16(20(17)26)22(6,7)8;1-5-7-9-11-13-21-19-15-18(4)20(16-17(19)3)22-14-12-10-8-6-2/h9-12,26H,1-8H3;15-16H,5-14H2,1-4H3. The van der Waals surface area contributed by atoms with Crippen molar-refractivity contribution in [3.05, 3.63) is 69.8 Å². The van der Waals surface area contributed by atoms with Crippen molar-refractivity contribution in [1.29, 1.82) is 0 Å². The molecule has 0 spiro atoms. The smallest absolute Gasteiger partial charge is 0.146 e. The summed E-state index contributed by atoms with van der Waals surface area (Å²) in [4.78, 5) is 1.59. The number of aromatic nitrogens is 3. The van der Waals surface area contributed by atoms with Gasteiger partial charge in [0.1, 0.15) is 34.0 Å². The number of phenolic OH excluding ortho intramolecular Hbond substituents is 1. The molecule has 1 aromatic heterocycles. The fourth-order valence-corrected chi connectivity index (χ4v) is 5.63. The molecular weight excluding hydrogens is 594 g/mol. The molecule has 0 aliphatic heterocycles. The first-order chi connectivity index (χ1) is 22.6. The maximum absolute atomic E-state index is 11.0. The van der Waals surface area contributed by atoms with Gasteiger partial charge in [0, 0.05) is 5.56 Å². The molecule has 0 saturated heterocycles. The molecule has 1 heterocycles. The third-order valence-electron chi connectivity index (χ3n) is 8.91. The first kappa shape index (κ1) is 38.9. The second-order valence-corrected chi connectivity index (χ2v) is 15.5. The monoisotopic (exact) mass is 657 g/mol. The summed E-state index contributed by atoms with van der Waals surface area (Å²) in [6, 6.07) is 12.5. The summed E-state index contributed by atoms with van der Waals surface area (Å²) < 4.78 is 11.8. The molecule has 0 atom stereocenters. The van der Waals surface area contributed by atoms with Gasteiger partial charge in [-0.1, -0.05) is 112 Å². The van der Waals surface area contributed by atoms with E-state index in [9.17, 15) is 5.11 Å². The highest BCUT2D eigenvalue weighted by atomic mass is 16.5. The summed E-state index contributed by atoms with van der Waals surface area (Å²) in [7, 11) is 0. The zero-order valence-electron chi connectivity index (χ0n) is 32.1. The lowest BCUT2D eigenvalue weighted by Crippen LogP contribution is -2.18. The predicted octanol–water partition coefficient (Wildman–Crippen LogP) is 11.6. The summed E-state index contributed by atoms with van der Waals surface area (Å²) in [5.41, 5.74) is 8.75. The number of nitrogens with zero attached hydrogens (tertiary/aromatic N) is 3. The van der Waals surface area contributed by atoms with Crippen molar-refractivity contribution in [2.45, 2.75) is 145 Å². The van der Waals surface area contributed by atoms with Gasteiger partial charge in [-0.2, -0.15) is 0 Å². The third kappa shape index (κ3) is 10.5. The van der Waals surface area contributed by atoms with Crippen LogP contribution in [0.15, 0.2) is 36.4 Å². The molecule has 48 heavy (non-hydrogen) atoms. The number of ether oxygens (including phenoxy) is 2. The molecule has 0 amide bonds. The Bertz CT molecular complexity index is 1540. The van der Waals surface area contributed by atoms with E-state index in [0.29, 0.717) is 5.69 Å². The third-order valence-corrected chi connectivity index (χ3v) is 8.91. The molecule has 0 saturated carbocycles. The molecule has 1 N–H and O–H groups in total.